The van der Waals surface area contributed by atoms with Gasteiger partial charge in [-0.1, -0.05) is 27.4 Å². The third-order valence-electron chi connectivity index (χ3n) is 4.67. The molecule has 0 bridgehead atoms. The number of hydrogen-bond acceptors (Lipinski definition) is 8. The van der Waals surface area contributed by atoms with Crippen LogP contribution >= 0.6 is 27.3 Å². The van der Waals surface area contributed by atoms with Gasteiger partial charge in [0, 0.05) is 17.7 Å². The van der Waals surface area contributed by atoms with E-state index in [4.69, 9.17) is 9.47 Å². The zero-order valence-corrected chi connectivity index (χ0v) is 25.1. The number of aromatic nitrogens is 1. The molecule has 0 aromatic carbocycles. The molecule has 1 heterocycles. The van der Waals surface area contributed by atoms with Gasteiger partial charge in [-0.2, -0.15) is 0 Å². The predicted octanol–water partition coefficient (Wildman–Crippen LogP) is 4.92. The Bertz CT molecular complexity index is 1070. The number of aliphatic carboxylic acids is 1. The molecule has 210 valence electrons. The van der Waals surface area contributed by atoms with E-state index in [0.717, 1.165) is 20.8 Å². The van der Waals surface area contributed by atoms with Gasteiger partial charge in [0.1, 0.15) is 17.7 Å². The van der Waals surface area contributed by atoms with Crippen LogP contribution in [0.2, 0.25) is 0 Å². The van der Waals surface area contributed by atoms with Crippen molar-refractivity contribution in [1.29, 1.82) is 0 Å². The first kappa shape index (κ1) is 33.3. The molecule has 0 aliphatic heterocycles. The molecule has 0 unspecified atom stereocenters. The normalized spacial score (nSPS) is 14.5. The van der Waals surface area contributed by atoms with Gasteiger partial charge >= 0.3 is 18.0 Å². The molecule has 3 atom stereocenters. The lowest BCUT2D eigenvalue weighted by molar-refractivity contribution is -0.140. The number of carboxylic acid groups (broad SMARTS) is 1. The molecule has 11 heteroatoms. The maximum atomic E-state index is 12.2. The van der Waals surface area contributed by atoms with Crippen molar-refractivity contribution in [3.05, 3.63) is 38.3 Å². The molecule has 1 aromatic heterocycles. The number of ether oxygens (including phenoxy) is 2. The first-order valence-electron chi connectivity index (χ1n) is 12.2. The molecule has 38 heavy (non-hydrogen) atoms. The molecule has 0 aliphatic carbocycles. The number of carbonyl (C=O) groups is 3. The van der Waals surface area contributed by atoms with E-state index in [9.17, 15) is 24.6 Å². The zero-order valence-electron chi connectivity index (χ0n) is 22.7. The van der Waals surface area contributed by atoms with E-state index in [2.05, 4.69) is 38.1 Å². The topological polar surface area (TPSA) is 135 Å². The number of nitrogens with one attached hydrogen (secondary N) is 1. The van der Waals surface area contributed by atoms with Crippen molar-refractivity contribution in [3.8, 4) is 11.8 Å². The van der Waals surface area contributed by atoms with Gasteiger partial charge in [-0.25, -0.2) is 19.4 Å². The summed E-state index contributed by atoms with van der Waals surface area (Å²) in [4.78, 5) is 40.3. The summed E-state index contributed by atoms with van der Waals surface area (Å²) >= 11 is 4.79. The number of aryl methyl sites for hydroxylation is 1. The molecule has 1 aromatic rings. The van der Waals surface area contributed by atoms with Crippen LogP contribution in [0.1, 0.15) is 71.5 Å². The lowest BCUT2D eigenvalue weighted by atomic mass is 10.1. The summed E-state index contributed by atoms with van der Waals surface area (Å²) in [6, 6.07) is -1.06. The Hall–Kier alpha value is -2.68. The van der Waals surface area contributed by atoms with E-state index >= 15 is 0 Å². The maximum absolute atomic E-state index is 12.2. The molecule has 3 N–H and O–H groups in total. The van der Waals surface area contributed by atoms with Gasteiger partial charge < -0.3 is 25.0 Å². The fourth-order valence-corrected chi connectivity index (χ4v) is 4.39. The Labute approximate surface area is 236 Å². The van der Waals surface area contributed by atoms with Crippen LogP contribution in [-0.2, 0) is 31.9 Å². The quantitative estimate of drug-likeness (QED) is 0.172. The summed E-state index contributed by atoms with van der Waals surface area (Å²) < 4.78 is 11.4. The lowest BCUT2D eigenvalue weighted by Crippen LogP contribution is -2.43. The highest BCUT2D eigenvalue weighted by atomic mass is 79.9. The minimum Gasteiger partial charge on any atom is -0.480 e. The van der Waals surface area contributed by atoms with Crippen LogP contribution in [0, 0.1) is 11.8 Å². The lowest BCUT2D eigenvalue weighted by Gasteiger charge is -2.21. The summed E-state index contributed by atoms with van der Waals surface area (Å²) in [6.45, 7) is 10.4. The van der Waals surface area contributed by atoms with Crippen LogP contribution < -0.4 is 5.32 Å². The maximum Gasteiger partial charge on any atom is 0.408 e. The molecule has 1 rings (SSSR count). The van der Waals surface area contributed by atoms with Crippen LogP contribution in [0.4, 0.5) is 4.79 Å². The van der Waals surface area contributed by atoms with E-state index in [0.29, 0.717) is 25.7 Å². The molecular weight excluding hydrogens is 576 g/mol. The van der Waals surface area contributed by atoms with Crippen molar-refractivity contribution in [2.45, 2.75) is 97.5 Å². The van der Waals surface area contributed by atoms with Crippen molar-refractivity contribution in [2.75, 3.05) is 0 Å². The molecule has 0 saturated heterocycles. The number of aliphatic hydroxyl groups is 1. The number of rotatable bonds is 12. The largest absolute Gasteiger partial charge is 0.480 e. The zero-order chi connectivity index (χ0) is 28.9. The number of carboxylic acids is 1. The van der Waals surface area contributed by atoms with Crippen LogP contribution in [0.3, 0.4) is 0 Å². The predicted molar refractivity (Wildman–Crippen MR) is 150 cm³/mol. The monoisotopic (exact) mass is 612 g/mol. The van der Waals surface area contributed by atoms with Gasteiger partial charge in [0.05, 0.1) is 16.8 Å². The Morgan fingerprint density at radius 1 is 1.29 bits per heavy atom. The number of aliphatic hydroxyl groups excluding tert-OH is 1. The average molecular weight is 614 g/mol. The summed E-state index contributed by atoms with van der Waals surface area (Å²) in [7, 11) is 0. The van der Waals surface area contributed by atoms with Crippen molar-refractivity contribution < 1.29 is 34.1 Å². The minimum atomic E-state index is -1.13. The fraction of sp³-hybridized carbons (Fsp3) is 0.556. The number of halogens is 1. The number of allylic oxidation sites excluding steroid dienone is 2. The highest BCUT2D eigenvalue weighted by Crippen LogP contribution is 2.18. The average Bonchev–Trinajstić information content (AvgIpc) is 3.17. The molecular formula is C27H37BrN2O7S. The SMILES string of the molecule is C/C(Br)=C\[C@H](Cc1nc(CCC[C@@H](NC(=O)OC(C)(C)C)C(=O)O)cs1)OC(=O)C#C/C=C(\C)C[C@H](C)O. The molecule has 1 amide bonds. The number of nitrogens with zero attached hydrogens (tertiary/aromatic N) is 1. The second kappa shape index (κ2) is 16.3. The minimum absolute atomic E-state index is 0.219. The number of alkyl carbamates (subject to hydrolysis) is 1. The van der Waals surface area contributed by atoms with E-state index in [1.54, 1.807) is 39.8 Å². The van der Waals surface area contributed by atoms with E-state index in [-0.39, 0.29) is 6.42 Å². The second-order valence-corrected chi connectivity index (χ2v) is 12.1. The molecule has 0 spiro atoms. The summed E-state index contributed by atoms with van der Waals surface area (Å²) in [6.07, 6.45) is 3.58. The smallest absolute Gasteiger partial charge is 0.408 e. The number of carbonyl (C=O) groups excluding carboxylic acids is 2. The Balaban J connectivity index is 2.70. The first-order chi connectivity index (χ1) is 17.6. The van der Waals surface area contributed by atoms with Gasteiger partial charge in [0.2, 0.25) is 0 Å². The molecule has 0 aliphatic rings. The third kappa shape index (κ3) is 15.5. The van der Waals surface area contributed by atoms with Gasteiger partial charge in [-0.3, -0.25) is 0 Å². The number of hydrogen-bond donors (Lipinski definition) is 3. The molecule has 0 fully saturated rings. The Morgan fingerprint density at radius 3 is 2.55 bits per heavy atom. The van der Waals surface area contributed by atoms with Crippen molar-refractivity contribution in [2.24, 2.45) is 0 Å². The number of amides is 1. The molecule has 0 radical (unpaired) electrons. The Morgan fingerprint density at radius 2 is 1.97 bits per heavy atom. The van der Waals surface area contributed by atoms with Crippen LogP contribution in [0.15, 0.2) is 27.6 Å². The fourth-order valence-electron chi connectivity index (χ4n) is 3.22. The number of thiazole rings is 1. The van der Waals surface area contributed by atoms with Crippen LogP contribution in [0.5, 0.6) is 0 Å². The first-order valence-corrected chi connectivity index (χ1v) is 13.9. The highest BCUT2D eigenvalue weighted by Gasteiger charge is 2.24. The summed E-state index contributed by atoms with van der Waals surface area (Å²) in [5, 5.41) is 23.8. The molecule has 9 nitrogen and oxygen atoms in total. The second-order valence-electron chi connectivity index (χ2n) is 9.88. The van der Waals surface area contributed by atoms with E-state index in [1.165, 1.54) is 11.3 Å². The third-order valence-corrected chi connectivity index (χ3v) is 5.86. The van der Waals surface area contributed by atoms with Crippen molar-refractivity contribution in [3.63, 3.8) is 0 Å². The highest BCUT2D eigenvalue weighted by molar-refractivity contribution is 9.11. The van der Waals surface area contributed by atoms with Gasteiger partial charge in [-0.05, 0) is 83.9 Å². The summed E-state index contributed by atoms with van der Waals surface area (Å²) in [5.74, 6) is 3.30. The van der Waals surface area contributed by atoms with Crippen LogP contribution in [0.25, 0.3) is 0 Å². The number of esters is 1. The molecule has 0 saturated carbocycles. The van der Waals surface area contributed by atoms with E-state index in [1.807, 2.05) is 19.2 Å². The standard InChI is InChI=1S/C27H37BrN2O7S/c1-17(13-19(3)31)9-7-12-24(32)36-21(14-18(2)28)15-23-29-20(16-38-23)10-8-11-22(25(33)34)30-26(35)37-27(4,5)6/h9,14,16,19,21-22,31H,8,10-11,13,15H2,1-6H3,(H,30,35)(H,33,34)/b17-9+,18-14+/t19-,21+,22+/m0/s1. The summed E-state index contributed by atoms with van der Waals surface area (Å²) in [5.41, 5.74) is 0.925. The van der Waals surface area contributed by atoms with Crippen molar-refractivity contribution in [1.82, 2.24) is 10.3 Å². The van der Waals surface area contributed by atoms with Crippen LogP contribution in [-0.4, -0.2) is 57.1 Å². The van der Waals surface area contributed by atoms with E-state index < -0.39 is 41.9 Å². The van der Waals surface area contributed by atoms with Gasteiger partial charge in [0.15, 0.2) is 0 Å². The van der Waals surface area contributed by atoms with Gasteiger partial charge in [0.25, 0.3) is 0 Å². The van der Waals surface area contributed by atoms with Crippen molar-refractivity contribution >= 4 is 45.3 Å². The van der Waals surface area contributed by atoms with Gasteiger partial charge in [-0.15, -0.1) is 11.3 Å². The Kier molecular flexibility index (Phi) is 14.3.